The van der Waals surface area contributed by atoms with Crippen molar-refractivity contribution in [3.8, 4) is 10.4 Å². The van der Waals surface area contributed by atoms with Crippen LogP contribution in [0.15, 0.2) is 24.3 Å². The second-order valence-electron chi connectivity index (χ2n) is 5.91. The highest BCUT2D eigenvalue weighted by molar-refractivity contribution is 7.15. The SMILES string of the molecule is Cc1nc(C)c(-c2ccc([C@@]34CNC[C@@H]3C4)cc2)s1. The van der Waals surface area contributed by atoms with Crippen molar-refractivity contribution < 1.29 is 0 Å². The Morgan fingerprint density at radius 1 is 1.26 bits per heavy atom. The van der Waals surface area contributed by atoms with Crippen molar-refractivity contribution in [1.82, 2.24) is 10.3 Å². The molecule has 2 nitrogen and oxygen atoms in total. The number of aromatic nitrogens is 1. The van der Waals surface area contributed by atoms with Crippen LogP contribution >= 0.6 is 11.3 Å². The second-order valence-corrected chi connectivity index (χ2v) is 7.12. The first kappa shape index (κ1) is 11.6. The predicted molar refractivity (Wildman–Crippen MR) is 79.7 cm³/mol. The fraction of sp³-hybridized carbons (Fsp3) is 0.438. The molecule has 2 fully saturated rings. The van der Waals surface area contributed by atoms with E-state index >= 15 is 0 Å². The number of benzene rings is 1. The zero-order valence-electron chi connectivity index (χ0n) is 11.4. The topological polar surface area (TPSA) is 24.9 Å². The Bertz CT molecular complexity index is 629. The largest absolute Gasteiger partial charge is 0.316 e. The molecule has 1 aliphatic heterocycles. The summed E-state index contributed by atoms with van der Waals surface area (Å²) in [6.07, 6.45) is 1.37. The first-order chi connectivity index (χ1) is 9.19. The zero-order chi connectivity index (χ0) is 13.0. The molecule has 2 aromatic rings. The molecule has 0 radical (unpaired) electrons. The maximum atomic E-state index is 4.52. The molecule has 3 heteroatoms. The highest BCUT2D eigenvalue weighted by Crippen LogP contribution is 2.56. The molecule has 2 heterocycles. The number of thiazole rings is 1. The number of nitrogens with zero attached hydrogens (tertiary/aromatic N) is 1. The van der Waals surface area contributed by atoms with Crippen LogP contribution in [0.1, 0.15) is 22.7 Å². The minimum Gasteiger partial charge on any atom is -0.316 e. The number of fused-ring (bicyclic) bond motifs is 1. The molecule has 2 aliphatic rings. The van der Waals surface area contributed by atoms with Gasteiger partial charge in [0.15, 0.2) is 0 Å². The summed E-state index contributed by atoms with van der Waals surface area (Å²) in [5.74, 6) is 0.880. The Morgan fingerprint density at radius 2 is 2.05 bits per heavy atom. The van der Waals surface area contributed by atoms with Crippen molar-refractivity contribution in [2.45, 2.75) is 25.7 Å². The van der Waals surface area contributed by atoms with E-state index in [9.17, 15) is 0 Å². The minimum absolute atomic E-state index is 0.469. The van der Waals surface area contributed by atoms with Gasteiger partial charge in [0.25, 0.3) is 0 Å². The Kier molecular flexibility index (Phi) is 2.39. The standard InChI is InChI=1S/C16H18N2S/c1-10-15(19-11(2)18-10)12-3-5-13(6-4-12)16-7-14(16)8-17-9-16/h3-6,14,17H,7-9H2,1-2H3/t14-,16+/m0/s1. The molecular weight excluding hydrogens is 252 g/mol. The van der Waals surface area contributed by atoms with Gasteiger partial charge in [-0.2, -0.15) is 0 Å². The molecule has 98 valence electrons. The number of rotatable bonds is 2. The van der Waals surface area contributed by atoms with Gasteiger partial charge in [-0.15, -0.1) is 11.3 Å². The van der Waals surface area contributed by atoms with E-state index in [-0.39, 0.29) is 0 Å². The van der Waals surface area contributed by atoms with Crippen LogP contribution in [-0.2, 0) is 5.41 Å². The van der Waals surface area contributed by atoms with Crippen LogP contribution in [0.4, 0.5) is 0 Å². The van der Waals surface area contributed by atoms with Crippen molar-refractivity contribution in [2.75, 3.05) is 13.1 Å². The van der Waals surface area contributed by atoms with Crippen molar-refractivity contribution >= 4 is 11.3 Å². The average molecular weight is 270 g/mol. The monoisotopic (exact) mass is 270 g/mol. The van der Waals surface area contributed by atoms with Crippen molar-refractivity contribution in [3.63, 3.8) is 0 Å². The third kappa shape index (κ3) is 1.68. The molecule has 1 saturated heterocycles. The van der Waals surface area contributed by atoms with Gasteiger partial charge >= 0.3 is 0 Å². The van der Waals surface area contributed by atoms with Gasteiger partial charge in [0.1, 0.15) is 0 Å². The van der Waals surface area contributed by atoms with Gasteiger partial charge in [0.05, 0.1) is 15.6 Å². The summed E-state index contributed by atoms with van der Waals surface area (Å²) in [6.45, 7) is 6.54. The summed E-state index contributed by atoms with van der Waals surface area (Å²) in [6, 6.07) is 9.21. The van der Waals surface area contributed by atoms with E-state index in [0.29, 0.717) is 5.41 Å². The third-order valence-electron chi connectivity index (χ3n) is 4.69. The Labute approximate surface area is 117 Å². The number of piperidine rings is 1. The average Bonchev–Trinajstić information content (AvgIpc) is 2.79. The van der Waals surface area contributed by atoms with Crippen LogP contribution in [0.5, 0.6) is 0 Å². The zero-order valence-corrected chi connectivity index (χ0v) is 12.2. The fourth-order valence-corrected chi connectivity index (χ4v) is 4.47. The Hall–Kier alpha value is -1.19. The van der Waals surface area contributed by atoms with E-state index in [1.165, 1.54) is 29.0 Å². The molecule has 0 amide bonds. The van der Waals surface area contributed by atoms with Gasteiger partial charge in [0, 0.05) is 12.0 Å². The van der Waals surface area contributed by atoms with Crippen LogP contribution < -0.4 is 5.32 Å². The van der Waals surface area contributed by atoms with Gasteiger partial charge < -0.3 is 5.32 Å². The summed E-state index contributed by atoms with van der Waals surface area (Å²) in [4.78, 5) is 5.84. The van der Waals surface area contributed by atoms with Gasteiger partial charge in [-0.25, -0.2) is 4.98 Å². The molecule has 0 bridgehead atoms. The highest BCUT2D eigenvalue weighted by atomic mass is 32.1. The summed E-state index contributed by atoms with van der Waals surface area (Å²) < 4.78 is 0. The van der Waals surface area contributed by atoms with Crippen LogP contribution in [-0.4, -0.2) is 18.1 Å². The second kappa shape index (κ2) is 3.90. The molecule has 4 rings (SSSR count). The smallest absolute Gasteiger partial charge is 0.0903 e. The lowest BCUT2D eigenvalue weighted by Gasteiger charge is -2.12. The van der Waals surface area contributed by atoms with Crippen LogP contribution in [0.3, 0.4) is 0 Å². The van der Waals surface area contributed by atoms with Crippen LogP contribution in [0, 0.1) is 19.8 Å². The lowest BCUT2D eigenvalue weighted by Crippen LogP contribution is -2.19. The summed E-state index contributed by atoms with van der Waals surface area (Å²) in [5, 5.41) is 4.66. The van der Waals surface area contributed by atoms with Crippen LogP contribution in [0.2, 0.25) is 0 Å². The lowest BCUT2D eigenvalue weighted by molar-refractivity contribution is 0.676. The molecular formula is C16H18N2S. The lowest BCUT2D eigenvalue weighted by atomic mass is 9.94. The maximum Gasteiger partial charge on any atom is 0.0903 e. The molecule has 0 unspecified atom stereocenters. The molecule has 1 aromatic heterocycles. The quantitative estimate of drug-likeness (QED) is 0.906. The normalized spacial score (nSPS) is 28.4. The minimum atomic E-state index is 0.469. The van der Waals surface area contributed by atoms with E-state index in [1.54, 1.807) is 11.3 Å². The van der Waals surface area contributed by atoms with Gasteiger partial charge in [-0.3, -0.25) is 0 Å². The molecule has 0 spiro atoms. The van der Waals surface area contributed by atoms with E-state index in [4.69, 9.17) is 0 Å². The third-order valence-corrected chi connectivity index (χ3v) is 5.81. The van der Waals surface area contributed by atoms with Crippen molar-refractivity contribution in [1.29, 1.82) is 0 Å². The molecule has 1 aliphatic carbocycles. The van der Waals surface area contributed by atoms with Crippen LogP contribution in [0.25, 0.3) is 10.4 Å². The summed E-state index contributed by atoms with van der Waals surface area (Å²) in [5.41, 5.74) is 4.45. The van der Waals surface area contributed by atoms with Crippen molar-refractivity contribution in [2.24, 2.45) is 5.92 Å². The Morgan fingerprint density at radius 3 is 2.58 bits per heavy atom. The first-order valence-corrected chi connectivity index (χ1v) is 7.76. The van der Waals surface area contributed by atoms with Crippen molar-refractivity contribution in [3.05, 3.63) is 40.5 Å². The predicted octanol–water partition coefficient (Wildman–Crippen LogP) is 3.29. The molecule has 2 atom stereocenters. The molecule has 1 N–H and O–H groups in total. The summed E-state index contributed by atoms with van der Waals surface area (Å²) in [7, 11) is 0. The fourth-order valence-electron chi connectivity index (χ4n) is 3.54. The number of hydrogen-bond acceptors (Lipinski definition) is 3. The molecule has 1 aromatic carbocycles. The van der Waals surface area contributed by atoms with E-state index < -0.39 is 0 Å². The van der Waals surface area contributed by atoms with Gasteiger partial charge in [-0.05, 0) is 43.9 Å². The van der Waals surface area contributed by atoms with Gasteiger partial charge in [0.2, 0.25) is 0 Å². The maximum absolute atomic E-state index is 4.52. The molecule has 1 saturated carbocycles. The van der Waals surface area contributed by atoms with E-state index in [2.05, 4.69) is 48.4 Å². The number of nitrogens with one attached hydrogen (secondary N) is 1. The number of aryl methyl sites for hydroxylation is 2. The van der Waals surface area contributed by atoms with E-state index in [0.717, 1.165) is 23.2 Å². The number of hydrogen-bond donors (Lipinski definition) is 1. The molecule has 19 heavy (non-hydrogen) atoms. The highest BCUT2D eigenvalue weighted by Gasteiger charge is 2.57. The first-order valence-electron chi connectivity index (χ1n) is 6.95. The van der Waals surface area contributed by atoms with E-state index in [1.807, 2.05) is 0 Å². The summed E-state index contributed by atoms with van der Waals surface area (Å²) >= 11 is 1.79. The Balaban J connectivity index is 1.68. The van der Waals surface area contributed by atoms with Gasteiger partial charge in [-0.1, -0.05) is 24.3 Å².